The van der Waals surface area contributed by atoms with Crippen LogP contribution in [0, 0.1) is 11.6 Å². The van der Waals surface area contributed by atoms with Crippen LogP contribution in [0.15, 0.2) is 104 Å². The maximum Gasteiger partial charge on any atom is 0.256 e. The van der Waals surface area contributed by atoms with Gasteiger partial charge in [0.25, 0.3) is 12.9 Å². The number of hydrogen-bond acceptors (Lipinski definition) is 7. The number of fused-ring (bicyclic) bond motifs is 2. The van der Waals surface area contributed by atoms with Gasteiger partial charge in [-0.2, -0.15) is 10.2 Å². The molecule has 0 amide bonds. The average Bonchev–Trinajstić information content (AvgIpc) is 3.97. The molecule has 280 valence electrons. The van der Waals surface area contributed by atoms with Gasteiger partial charge in [-0.25, -0.2) is 55.3 Å². The minimum Gasteiger partial charge on any atom is -0.396 e. The second-order valence-corrected chi connectivity index (χ2v) is 12.1. The van der Waals surface area contributed by atoms with Crippen LogP contribution in [0.1, 0.15) is 11.4 Å². The third-order valence-corrected chi connectivity index (χ3v) is 8.46. The van der Waals surface area contributed by atoms with Gasteiger partial charge >= 0.3 is 0 Å². The van der Waals surface area contributed by atoms with Gasteiger partial charge in [0.05, 0.1) is 72.3 Å². The van der Waals surface area contributed by atoms with Gasteiger partial charge in [0.15, 0.2) is 11.3 Å². The molecule has 0 fully saturated rings. The monoisotopic (exact) mass is 756 g/mol. The van der Waals surface area contributed by atoms with Crippen molar-refractivity contribution >= 4 is 17.4 Å². The van der Waals surface area contributed by atoms with E-state index in [4.69, 9.17) is 0 Å². The molecule has 6 heterocycles. The number of aromatic nitrogens is 10. The average molecular weight is 757 g/mol. The van der Waals surface area contributed by atoms with Crippen molar-refractivity contribution in [2.75, 3.05) is 6.61 Å². The van der Waals surface area contributed by atoms with Crippen LogP contribution < -0.4 is 0 Å². The number of nitrogens with zero attached hydrogens (tertiary/aromatic N) is 10. The fraction of sp³-hybridized carbons (Fsp3) is 0.158. The molecule has 0 bridgehead atoms. The first-order chi connectivity index (χ1) is 26.6. The summed E-state index contributed by atoms with van der Waals surface area (Å²) in [5.74, 6) is -0.787. The van der Waals surface area contributed by atoms with E-state index < -0.39 is 31.8 Å². The summed E-state index contributed by atoms with van der Waals surface area (Å²) in [6.45, 7) is 2.59. The van der Waals surface area contributed by atoms with Gasteiger partial charge in [-0.05, 0) is 78.9 Å². The molecular formula is C38H30F6N10O. The number of halogens is 6. The molecule has 1 N–H and O–H groups in total. The Morgan fingerprint density at radius 1 is 0.618 bits per heavy atom. The number of hydrogen-bond donors (Lipinski definition) is 1. The Labute approximate surface area is 308 Å². The highest BCUT2D eigenvalue weighted by atomic mass is 19.3. The lowest BCUT2D eigenvalue weighted by molar-refractivity contribution is 0.126. The summed E-state index contributed by atoms with van der Waals surface area (Å²) < 4.78 is 84.7. The molecule has 0 spiro atoms. The largest absolute Gasteiger partial charge is 0.396 e. The highest BCUT2D eigenvalue weighted by Crippen LogP contribution is 2.32. The smallest absolute Gasteiger partial charge is 0.256 e. The predicted molar refractivity (Wildman–Crippen MR) is 192 cm³/mol. The van der Waals surface area contributed by atoms with E-state index in [-0.39, 0.29) is 12.4 Å². The minimum absolute atomic E-state index is 0.0656. The lowest BCUT2D eigenvalue weighted by Crippen LogP contribution is -2.09. The van der Waals surface area contributed by atoms with Crippen LogP contribution in [0.25, 0.3) is 62.7 Å². The molecule has 0 aliphatic heterocycles. The maximum atomic E-state index is 13.3. The van der Waals surface area contributed by atoms with Crippen LogP contribution in [0.3, 0.4) is 0 Å². The molecule has 6 aromatic heterocycles. The normalized spacial score (nSPS) is 11.5. The highest BCUT2D eigenvalue weighted by molar-refractivity contribution is 5.78. The van der Waals surface area contributed by atoms with E-state index >= 15 is 0 Å². The van der Waals surface area contributed by atoms with E-state index in [1.54, 1.807) is 76.0 Å². The number of aliphatic hydroxyl groups is 1. The molecule has 0 aliphatic carbocycles. The number of rotatable bonds is 11. The van der Waals surface area contributed by atoms with Gasteiger partial charge in [0.2, 0.25) is 0 Å². The van der Waals surface area contributed by atoms with E-state index in [1.165, 1.54) is 46.1 Å². The van der Waals surface area contributed by atoms with E-state index in [0.717, 1.165) is 0 Å². The second-order valence-electron chi connectivity index (χ2n) is 12.1. The van der Waals surface area contributed by atoms with Gasteiger partial charge in [-0.1, -0.05) is 6.58 Å². The van der Waals surface area contributed by atoms with Gasteiger partial charge in [-0.3, -0.25) is 0 Å². The number of aliphatic hydroxyl groups excluding tert-OH is 1. The number of alkyl halides is 4. The summed E-state index contributed by atoms with van der Waals surface area (Å²) in [5, 5.41) is 18.3. The molecular weight excluding hydrogens is 726 g/mol. The van der Waals surface area contributed by atoms with Crippen molar-refractivity contribution in [1.82, 2.24) is 48.3 Å². The first-order valence-electron chi connectivity index (χ1n) is 16.7. The Kier molecular flexibility index (Phi) is 10.5. The topological polar surface area (TPSA) is 116 Å². The van der Waals surface area contributed by atoms with Gasteiger partial charge < -0.3 is 14.2 Å². The van der Waals surface area contributed by atoms with Crippen LogP contribution in [0.5, 0.6) is 0 Å². The molecule has 2 aromatic carbocycles. The van der Waals surface area contributed by atoms with Crippen molar-refractivity contribution < 1.29 is 31.4 Å². The zero-order chi connectivity index (χ0) is 38.6. The summed E-state index contributed by atoms with van der Waals surface area (Å²) >= 11 is 0. The standard InChI is InChI=1S/C19H16F3N5O.C19H14F3N5/c20-13-3-1-12(2-4-13)18-19(26(11-24-18)10-16(21)22)15-5-6-17-23-9-14(7-8-28)27(17)25-15;1-2-14-9-23-17-8-7-15(25-27(14)17)19-18(12-3-5-13(20)6-4-12)24-11-26(19)10-16(21)22/h1-6,9,11,16,28H,7-8,10H2;2-9,11,16H,1,10H2. The van der Waals surface area contributed by atoms with Crippen LogP contribution in [0.4, 0.5) is 26.3 Å². The molecule has 11 nitrogen and oxygen atoms in total. The van der Waals surface area contributed by atoms with Crippen molar-refractivity contribution in [2.45, 2.75) is 32.4 Å². The van der Waals surface area contributed by atoms with Crippen LogP contribution in [0.2, 0.25) is 0 Å². The zero-order valence-corrected chi connectivity index (χ0v) is 28.7. The first kappa shape index (κ1) is 36.7. The van der Waals surface area contributed by atoms with Gasteiger partial charge in [0, 0.05) is 24.2 Å². The van der Waals surface area contributed by atoms with Crippen LogP contribution in [-0.2, 0) is 19.5 Å². The molecule has 17 heteroatoms. The van der Waals surface area contributed by atoms with Crippen molar-refractivity contribution in [2.24, 2.45) is 0 Å². The quantitative estimate of drug-likeness (QED) is 0.136. The summed E-state index contributed by atoms with van der Waals surface area (Å²) in [4.78, 5) is 17.0. The lowest BCUT2D eigenvalue weighted by atomic mass is 10.1. The third kappa shape index (κ3) is 7.73. The summed E-state index contributed by atoms with van der Waals surface area (Å²) in [6, 6.07) is 18.2. The van der Waals surface area contributed by atoms with Crippen molar-refractivity contribution in [3.8, 4) is 45.3 Å². The van der Waals surface area contributed by atoms with E-state index in [0.29, 0.717) is 74.4 Å². The molecule has 0 saturated heterocycles. The molecule has 8 rings (SSSR count). The van der Waals surface area contributed by atoms with Crippen molar-refractivity contribution in [1.29, 1.82) is 0 Å². The molecule has 55 heavy (non-hydrogen) atoms. The Bertz CT molecular complexity index is 2580. The Hall–Kier alpha value is -6.62. The fourth-order valence-corrected chi connectivity index (χ4v) is 6.00. The minimum atomic E-state index is -2.57. The Morgan fingerprint density at radius 3 is 1.56 bits per heavy atom. The van der Waals surface area contributed by atoms with E-state index in [2.05, 4.69) is 36.7 Å². The number of imidazole rings is 4. The first-order valence-corrected chi connectivity index (χ1v) is 16.7. The van der Waals surface area contributed by atoms with Crippen LogP contribution >= 0.6 is 0 Å². The summed E-state index contributed by atoms with van der Waals surface area (Å²) in [7, 11) is 0. The van der Waals surface area contributed by atoms with Crippen molar-refractivity contribution in [3.05, 3.63) is 127 Å². The van der Waals surface area contributed by atoms with Gasteiger partial charge in [0.1, 0.15) is 23.0 Å². The van der Waals surface area contributed by atoms with E-state index in [9.17, 15) is 31.4 Å². The predicted octanol–water partition coefficient (Wildman–Crippen LogP) is 7.51. The summed E-state index contributed by atoms with van der Waals surface area (Å²) in [5.41, 5.74) is 6.32. The Morgan fingerprint density at radius 2 is 1.09 bits per heavy atom. The SMILES string of the molecule is C=Cc1cnc2ccc(-c3c(-c4ccc(F)cc4)ncn3CC(F)F)nn12.OCCc1cnc2ccc(-c3c(-c4ccc(F)cc4)ncn3CC(F)F)nn12. The number of benzene rings is 2. The third-order valence-electron chi connectivity index (χ3n) is 8.46. The molecule has 0 atom stereocenters. The second kappa shape index (κ2) is 15.8. The molecule has 0 saturated carbocycles. The highest BCUT2D eigenvalue weighted by Gasteiger charge is 2.21. The summed E-state index contributed by atoms with van der Waals surface area (Å²) in [6.07, 6.45) is 2.74. The fourth-order valence-electron chi connectivity index (χ4n) is 6.00. The Balaban J connectivity index is 0.000000169. The maximum absolute atomic E-state index is 13.3. The van der Waals surface area contributed by atoms with Crippen molar-refractivity contribution in [3.63, 3.8) is 0 Å². The molecule has 0 aliphatic rings. The lowest BCUT2D eigenvalue weighted by Gasteiger charge is -2.10. The van der Waals surface area contributed by atoms with E-state index in [1.807, 2.05) is 0 Å². The zero-order valence-electron chi connectivity index (χ0n) is 28.7. The molecule has 0 unspecified atom stereocenters. The van der Waals surface area contributed by atoms with Gasteiger partial charge in [-0.15, -0.1) is 0 Å². The molecule has 0 radical (unpaired) electrons. The molecule has 8 aromatic rings. The van der Waals surface area contributed by atoms with Crippen LogP contribution in [-0.4, -0.2) is 72.9 Å².